The molecule has 6 nitrogen and oxygen atoms in total. The van der Waals surface area contributed by atoms with Crippen LogP contribution in [0, 0.1) is 11.3 Å². The molecular weight excluding hydrogens is 316 g/mol. The summed E-state index contributed by atoms with van der Waals surface area (Å²) in [5, 5.41) is 11.5. The summed E-state index contributed by atoms with van der Waals surface area (Å²) in [6.45, 7) is 2.17. The molecule has 1 atom stereocenters. The van der Waals surface area contributed by atoms with E-state index in [0.717, 1.165) is 11.3 Å². The van der Waals surface area contributed by atoms with Gasteiger partial charge in [0.05, 0.1) is 5.56 Å². The summed E-state index contributed by atoms with van der Waals surface area (Å²) in [4.78, 5) is 29.8. The number of para-hydroxylation sites is 1. The monoisotopic (exact) mass is 334 g/mol. The van der Waals surface area contributed by atoms with Gasteiger partial charge >= 0.3 is 0 Å². The first-order chi connectivity index (χ1) is 12.1. The Bertz CT molecular complexity index is 839. The van der Waals surface area contributed by atoms with Crippen LogP contribution in [0.15, 0.2) is 42.6 Å². The zero-order valence-electron chi connectivity index (χ0n) is 13.9. The van der Waals surface area contributed by atoms with Crippen LogP contribution in [0.25, 0.3) is 0 Å². The zero-order valence-corrected chi connectivity index (χ0v) is 13.9. The lowest BCUT2D eigenvalue weighted by Gasteiger charge is -2.15. The second-order valence-corrected chi connectivity index (χ2v) is 6.02. The van der Waals surface area contributed by atoms with Gasteiger partial charge in [0.2, 0.25) is 11.8 Å². The summed E-state index contributed by atoms with van der Waals surface area (Å²) in [5.41, 5.74) is 2.50. The first-order valence-corrected chi connectivity index (χ1v) is 8.11. The van der Waals surface area contributed by atoms with Crippen molar-refractivity contribution in [2.24, 2.45) is 0 Å². The Balaban J connectivity index is 1.61. The molecule has 1 N–H and O–H groups in total. The maximum absolute atomic E-state index is 12.2. The summed E-state index contributed by atoms with van der Waals surface area (Å²) in [6.07, 6.45) is 2.42. The number of fused-ring (bicyclic) bond motifs is 1. The molecule has 1 aromatic carbocycles. The standard InChI is InChI=1S/C19H18N4O2/c1-13(24)23-12-15(16-4-2-3-5-17(16)23)7-9-19(25)22-18-8-6-14(10-20)11-21-18/h2-6,8,11,15H,7,9,12H2,1H3,(H,21,22,25). The third-order valence-corrected chi connectivity index (χ3v) is 4.33. The maximum Gasteiger partial charge on any atom is 0.225 e. The minimum Gasteiger partial charge on any atom is -0.312 e. The quantitative estimate of drug-likeness (QED) is 0.931. The molecule has 6 heteroatoms. The van der Waals surface area contributed by atoms with Gasteiger partial charge in [-0.3, -0.25) is 9.59 Å². The van der Waals surface area contributed by atoms with Crippen molar-refractivity contribution in [2.75, 3.05) is 16.8 Å². The smallest absolute Gasteiger partial charge is 0.225 e. The average Bonchev–Trinajstić information content (AvgIpc) is 3.00. The number of hydrogen-bond acceptors (Lipinski definition) is 4. The van der Waals surface area contributed by atoms with Crippen molar-refractivity contribution >= 4 is 23.3 Å². The van der Waals surface area contributed by atoms with Gasteiger partial charge in [0.1, 0.15) is 11.9 Å². The van der Waals surface area contributed by atoms with E-state index in [1.165, 1.54) is 6.20 Å². The van der Waals surface area contributed by atoms with E-state index in [0.29, 0.717) is 30.8 Å². The summed E-state index contributed by atoms with van der Waals surface area (Å²) >= 11 is 0. The highest BCUT2D eigenvalue weighted by molar-refractivity contribution is 5.94. The van der Waals surface area contributed by atoms with Crippen molar-refractivity contribution in [1.82, 2.24) is 4.98 Å². The molecule has 25 heavy (non-hydrogen) atoms. The lowest BCUT2D eigenvalue weighted by molar-refractivity contribution is -0.116. The number of anilines is 2. The van der Waals surface area contributed by atoms with Gasteiger partial charge in [-0.05, 0) is 30.2 Å². The number of hydrogen-bond donors (Lipinski definition) is 1. The van der Waals surface area contributed by atoms with Crippen molar-refractivity contribution in [3.8, 4) is 6.07 Å². The SMILES string of the molecule is CC(=O)N1CC(CCC(=O)Nc2ccc(C#N)cn2)c2ccccc21. The largest absolute Gasteiger partial charge is 0.312 e. The predicted octanol–water partition coefficient (Wildman–Crippen LogP) is 2.82. The van der Waals surface area contributed by atoms with E-state index in [2.05, 4.69) is 10.3 Å². The van der Waals surface area contributed by atoms with E-state index in [1.54, 1.807) is 24.0 Å². The second-order valence-electron chi connectivity index (χ2n) is 6.02. The van der Waals surface area contributed by atoms with Crippen molar-refractivity contribution < 1.29 is 9.59 Å². The summed E-state index contributed by atoms with van der Waals surface area (Å²) in [5.74, 6) is 0.470. The molecule has 1 aromatic heterocycles. The van der Waals surface area contributed by atoms with Gasteiger partial charge in [-0.25, -0.2) is 4.98 Å². The predicted molar refractivity (Wildman–Crippen MR) is 94.0 cm³/mol. The third-order valence-electron chi connectivity index (χ3n) is 4.33. The summed E-state index contributed by atoms with van der Waals surface area (Å²) < 4.78 is 0. The molecule has 0 fully saturated rings. The number of nitrogens with one attached hydrogen (secondary N) is 1. The number of aromatic nitrogens is 1. The molecular formula is C19H18N4O2. The van der Waals surface area contributed by atoms with Gasteiger partial charge in [-0.1, -0.05) is 18.2 Å². The topological polar surface area (TPSA) is 86.1 Å². The normalized spacial score (nSPS) is 15.4. The molecule has 0 bridgehead atoms. The van der Waals surface area contributed by atoms with Crippen LogP contribution < -0.4 is 10.2 Å². The molecule has 2 heterocycles. The van der Waals surface area contributed by atoms with Crippen molar-refractivity contribution in [3.63, 3.8) is 0 Å². The lowest BCUT2D eigenvalue weighted by Crippen LogP contribution is -2.27. The van der Waals surface area contributed by atoms with Crippen LogP contribution in [0.3, 0.4) is 0 Å². The first kappa shape index (κ1) is 16.7. The van der Waals surface area contributed by atoms with E-state index in [4.69, 9.17) is 5.26 Å². The van der Waals surface area contributed by atoms with Crippen LogP contribution in [-0.2, 0) is 9.59 Å². The molecule has 0 aliphatic carbocycles. The summed E-state index contributed by atoms with van der Waals surface area (Å²) in [7, 11) is 0. The Kier molecular flexibility index (Phi) is 4.75. The van der Waals surface area contributed by atoms with Crippen LogP contribution in [0.2, 0.25) is 0 Å². The Hall–Kier alpha value is -3.20. The fraction of sp³-hybridized carbons (Fsp3) is 0.263. The van der Waals surface area contributed by atoms with E-state index in [-0.39, 0.29) is 17.7 Å². The molecule has 2 aromatic rings. The molecule has 1 aliphatic rings. The van der Waals surface area contributed by atoms with Crippen molar-refractivity contribution in [2.45, 2.75) is 25.7 Å². The molecule has 1 unspecified atom stereocenters. The minimum absolute atomic E-state index is 0.0150. The van der Waals surface area contributed by atoms with Gasteiger partial charge in [0, 0.05) is 37.7 Å². The minimum atomic E-state index is -0.129. The Morgan fingerprint density at radius 3 is 2.80 bits per heavy atom. The van der Waals surface area contributed by atoms with Gasteiger partial charge in [-0.15, -0.1) is 0 Å². The summed E-state index contributed by atoms with van der Waals surface area (Å²) in [6, 6.07) is 13.0. The highest BCUT2D eigenvalue weighted by Crippen LogP contribution is 2.38. The van der Waals surface area contributed by atoms with Crippen molar-refractivity contribution in [3.05, 3.63) is 53.7 Å². The van der Waals surface area contributed by atoms with Gasteiger partial charge in [-0.2, -0.15) is 5.26 Å². The Morgan fingerprint density at radius 1 is 1.32 bits per heavy atom. The third kappa shape index (κ3) is 3.66. The van der Waals surface area contributed by atoms with Crippen LogP contribution in [-0.4, -0.2) is 23.3 Å². The number of pyridine rings is 1. The van der Waals surface area contributed by atoms with Crippen LogP contribution in [0.5, 0.6) is 0 Å². The molecule has 2 amide bonds. The molecule has 1 aliphatic heterocycles. The fourth-order valence-corrected chi connectivity index (χ4v) is 3.09. The molecule has 0 spiro atoms. The number of nitriles is 1. The maximum atomic E-state index is 12.2. The molecule has 0 saturated heterocycles. The molecule has 126 valence electrons. The average molecular weight is 334 g/mol. The van der Waals surface area contributed by atoms with Crippen molar-refractivity contribution in [1.29, 1.82) is 5.26 Å². The lowest BCUT2D eigenvalue weighted by atomic mass is 9.96. The number of rotatable bonds is 4. The number of amides is 2. The first-order valence-electron chi connectivity index (χ1n) is 8.11. The van der Waals surface area contributed by atoms with E-state index >= 15 is 0 Å². The van der Waals surface area contributed by atoms with Crippen LogP contribution in [0.1, 0.15) is 36.8 Å². The van der Waals surface area contributed by atoms with Gasteiger partial charge in [0.15, 0.2) is 0 Å². The highest BCUT2D eigenvalue weighted by atomic mass is 16.2. The van der Waals surface area contributed by atoms with Gasteiger partial charge in [0.25, 0.3) is 0 Å². The van der Waals surface area contributed by atoms with E-state index < -0.39 is 0 Å². The van der Waals surface area contributed by atoms with Crippen LogP contribution >= 0.6 is 0 Å². The Morgan fingerprint density at radius 2 is 2.12 bits per heavy atom. The number of benzene rings is 1. The van der Waals surface area contributed by atoms with Gasteiger partial charge < -0.3 is 10.2 Å². The molecule has 0 saturated carbocycles. The second kappa shape index (κ2) is 7.14. The highest BCUT2D eigenvalue weighted by Gasteiger charge is 2.30. The Labute approximate surface area is 146 Å². The fourth-order valence-electron chi connectivity index (χ4n) is 3.09. The number of carbonyl (C=O) groups excluding carboxylic acids is 2. The number of carbonyl (C=O) groups is 2. The molecule has 3 rings (SSSR count). The number of nitrogens with zero attached hydrogens (tertiary/aromatic N) is 3. The van der Waals surface area contributed by atoms with Crippen LogP contribution in [0.4, 0.5) is 11.5 Å². The zero-order chi connectivity index (χ0) is 17.8. The van der Waals surface area contributed by atoms with E-state index in [9.17, 15) is 9.59 Å². The van der Waals surface area contributed by atoms with E-state index in [1.807, 2.05) is 30.3 Å². The molecule has 0 radical (unpaired) electrons.